The first-order valence-corrected chi connectivity index (χ1v) is 5.28. The third-order valence-corrected chi connectivity index (χ3v) is 2.34. The van der Waals surface area contributed by atoms with Gasteiger partial charge in [0.1, 0.15) is 5.75 Å². The van der Waals surface area contributed by atoms with E-state index in [9.17, 15) is 18.0 Å². The molecule has 1 aromatic rings. The summed E-state index contributed by atoms with van der Waals surface area (Å²) >= 11 is 5.34. The molecule has 1 aromatic carbocycles. The lowest BCUT2D eigenvalue weighted by Crippen LogP contribution is -2.13. The van der Waals surface area contributed by atoms with Gasteiger partial charge in [-0.05, 0) is 18.2 Å². The summed E-state index contributed by atoms with van der Waals surface area (Å²) in [5.74, 6) is -0.586. The maximum absolute atomic E-state index is 12.7. The van der Waals surface area contributed by atoms with Crippen LogP contribution in [-0.2, 0) is 6.18 Å². The number of hydrogen-bond acceptors (Lipinski definition) is 2. The molecule has 0 saturated carbocycles. The van der Waals surface area contributed by atoms with Gasteiger partial charge in [-0.1, -0.05) is 0 Å². The number of hydrogen-bond donors (Lipinski definition) is 0. The monoisotopic (exact) mass is 266 g/mol. The van der Waals surface area contributed by atoms with E-state index in [1.807, 2.05) is 0 Å². The molecule has 0 bridgehead atoms. The lowest BCUT2D eigenvalue weighted by Gasteiger charge is -2.13. The summed E-state index contributed by atoms with van der Waals surface area (Å²) in [5, 5.41) is 0. The number of rotatable bonds is 4. The Labute approximate surface area is 101 Å². The number of carbonyl (C=O) groups excluding carboxylic acids is 1. The van der Waals surface area contributed by atoms with Crippen LogP contribution in [0.1, 0.15) is 22.3 Å². The van der Waals surface area contributed by atoms with E-state index >= 15 is 0 Å². The lowest BCUT2D eigenvalue weighted by molar-refractivity contribution is -0.138. The van der Waals surface area contributed by atoms with Gasteiger partial charge in [0.15, 0.2) is 5.78 Å². The van der Waals surface area contributed by atoms with Gasteiger partial charge in [-0.25, -0.2) is 0 Å². The third kappa shape index (κ3) is 3.36. The van der Waals surface area contributed by atoms with E-state index in [0.717, 1.165) is 12.1 Å². The average molecular weight is 267 g/mol. The molecule has 0 aliphatic heterocycles. The molecule has 0 fully saturated rings. The van der Waals surface area contributed by atoms with Crippen LogP contribution in [0.4, 0.5) is 13.2 Å². The second-order valence-corrected chi connectivity index (χ2v) is 3.65. The Hall–Kier alpha value is -1.23. The molecule has 6 heteroatoms. The van der Waals surface area contributed by atoms with Crippen LogP contribution in [0.2, 0.25) is 0 Å². The third-order valence-electron chi connectivity index (χ3n) is 2.15. The number of halogens is 4. The van der Waals surface area contributed by atoms with E-state index in [2.05, 4.69) is 0 Å². The highest BCUT2D eigenvalue weighted by molar-refractivity contribution is 6.19. The zero-order valence-corrected chi connectivity index (χ0v) is 9.73. The Bertz CT molecular complexity index is 416. The van der Waals surface area contributed by atoms with Crippen molar-refractivity contribution in [2.45, 2.75) is 12.6 Å². The normalized spacial score (nSPS) is 11.4. The van der Waals surface area contributed by atoms with Crippen molar-refractivity contribution in [3.05, 3.63) is 29.3 Å². The van der Waals surface area contributed by atoms with E-state index in [1.165, 1.54) is 13.2 Å². The van der Waals surface area contributed by atoms with E-state index in [1.54, 1.807) is 0 Å². The Morgan fingerprint density at radius 2 is 2.06 bits per heavy atom. The van der Waals surface area contributed by atoms with Crippen LogP contribution < -0.4 is 4.74 Å². The molecule has 0 spiro atoms. The van der Waals surface area contributed by atoms with Crippen LogP contribution in [0.5, 0.6) is 5.75 Å². The fourth-order valence-electron chi connectivity index (χ4n) is 1.35. The lowest BCUT2D eigenvalue weighted by atomic mass is 10.0. The second kappa shape index (κ2) is 5.40. The molecule has 0 aliphatic carbocycles. The highest BCUT2D eigenvalue weighted by Gasteiger charge is 2.35. The highest BCUT2D eigenvalue weighted by Crippen LogP contribution is 2.34. The van der Waals surface area contributed by atoms with E-state index in [-0.39, 0.29) is 23.6 Å². The highest BCUT2D eigenvalue weighted by atomic mass is 35.5. The molecule has 0 saturated heterocycles. The predicted octanol–water partition coefficient (Wildman–Crippen LogP) is 3.53. The van der Waals surface area contributed by atoms with Crippen LogP contribution in [0.3, 0.4) is 0 Å². The van der Waals surface area contributed by atoms with E-state index < -0.39 is 17.5 Å². The number of ketones is 1. The van der Waals surface area contributed by atoms with Gasteiger partial charge in [-0.15, -0.1) is 11.6 Å². The average Bonchev–Trinajstić information content (AvgIpc) is 2.27. The molecular formula is C11H10ClF3O2. The minimum atomic E-state index is -4.59. The minimum Gasteiger partial charge on any atom is -0.497 e. The Balaban J connectivity index is 3.25. The molecule has 0 N–H and O–H groups in total. The number of carbonyl (C=O) groups is 1. The number of benzene rings is 1. The second-order valence-electron chi connectivity index (χ2n) is 3.27. The van der Waals surface area contributed by atoms with Gasteiger partial charge in [0.2, 0.25) is 0 Å². The molecule has 2 nitrogen and oxygen atoms in total. The van der Waals surface area contributed by atoms with E-state index in [4.69, 9.17) is 16.3 Å². The van der Waals surface area contributed by atoms with Crippen molar-refractivity contribution in [1.82, 2.24) is 0 Å². The van der Waals surface area contributed by atoms with Gasteiger partial charge >= 0.3 is 6.18 Å². The Morgan fingerprint density at radius 1 is 1.41 bits per heavy atom. The SMILES string of the molecule is COc1ccc(C(=O)CCCl)c(C(F)(F)F)c1. The van der Waals surface area contributed by atoms with Crippen molar-refractivity contribution in [3.63, 3.8) is 0 Å². The minimum absolute atomic E-state index is 0.0117. The first-order valence-electron chi connectivity index (χ1n) is 4.74. The molecule has 0 aliphatic rings. The van der Waals surface area contributed by atoms with Gasteiger partial charge in [0.25, 0.3) is 0 Å². The molecule has 0 amide bonds. The summed E-state index contributed by atoms with van der Waals surface area (Å²) in [6.07, 6.45) is -4.72. The standard InChI is InChI=1S/C11H10ClF3O2/c1-17-7-2-3-8(10(16)4-5-12)9(6-7)11(13,14)15/h2-3,6H,4-5H2,1H3. The summed E-state index contributed by atoms with van der Waals surface area (Å²) in [5.41, 5.74) is -1.37. The zero-order chi connectivity index (χ0) is 13.1. The summed E-state index contributed by atoms with van der Waals surface area (Å²) in [4.78, 5) is 11.5. The van der Waals surface area contributed by atoms with Crippen molar-refractivity contribution >= 4 is 17.4 Å². The summed E-state index contributed by atoms with van der Waals surface area (Å²) in [6.45, 7) is 0. The van der Waals surface area contributed by atoms with Crippen LogP contribution in [0.25, 0.3) is 0 Å². The fraction of sp³-hybridized carbons (Fsp3) is 0.364. The number of alkyl halides is 4. The molecule has 0 radical (unpaired) electrons. The summed E-state index contributed by atoms with van der Waals surface area (Å²) < 4.78 is 42.9. The van der Waals surface area contributed by atoms with Crippen molar-refractivity contribution < 1.29 is 22.7 Å². The summed E-state index contributed by atoms with van der Waals surface area (Å²) in [6, 6.07) is 3.23. The summed E-state index contributed by atoms with van der Waals surface area (Å²) in [7, 11) is 1.26. The first-order chi connectivity index (χ1) is 7.90. The number of ether oxygens (including phenoxy) is 1. The quantitative estimate of drug-likeness (QED) is 0.616. The van der Waals surface area contributed by atoms with Crippen molar-refractivity contribution in [3.8, 4) is 5.75 Å². The van der Waals surface area contributed by atoms with Crippen molar-refractivity contribution in [2.24, 2.45) is 0 Å². The van der Waals surface area contributed by atoms with Gasteiger partial charge < -0.3 is 4.74 Å². The molecule has 1 rings (SSSR count). The largest absolute Gasteiger partial charge is 0.497 e. The molecule has 17 heavy (non-hydrogen) atoms. The predicted molar refractivity (Wildman–Crippen MR) is 57.7 cm³/mol. The smallest absolute Gasteiger partial charge is 0.417 e. The molecule has 94 valence electrons. The fourth-order valence-corrected chi connectivity index (χ4v) is 1.52. The topological polar surface area (TPSA) is 26.3 Å². The van der Waals surface area contributed by atoms with Gasteiger partial charge in [0, 0.05) is 17.9 Å². The van der Waals surface area contributed by atoms with Crippen LogP contribution in [0, 0.1) is 0 Å². The van der Waals surface area contributed by atoms with Gasteiger partial charge in [0.05, 0.1) is 12.7 Å². The zero-order valence-electron chi connectivity index (χ0n) is 8.97. The Kier molecular flexibility index (Phi) is 4.40. The van der Waals surface area contributed by atoms with E-state index in [0.29, 0.717) is 0 Å². The van der Waals surface area contributed by atoms with Crippen LogP contribution >= 0.6 is 11.6 Å². The number of methoxy groups -OCH3 is 1. The first kappa shape index (κ1) is 13.8. The molecule has 0 heterocycles. The molecule has 0 aromatic heterocycles. The molecular weight excluding hydrogens is 257 g/mol. The Morgan fingerprint density at radius 3 is 2.53 bits per heavy atom. The molecule has 0 atom stereocenters. The maximum Gasteiger partial charge on any atom is 0.417 e. The van der Waals surface area contributed by atoms with Gasteiger partial charge in [-0.2, -0.15) is 13.2 Å². The van der Waals surface area contributed by atoms with Crippen LogP contribution in [0.15, 0.2) is 18.2 Å². The number of Topliss-reactive ketones (excluding diaryl/α,β-unsaturated/α-hetero) is 1. The maximum atomic E-state index is 12.7. The van der Waals surface area contributed by atoms with Crippen molar-refractivity contribution in [2.75, 3.05) is 13.0 Å². The molecule has 0 unspecified atom stereocenters. The van der Waals surface area contributed by atoms with Crippen molar-refractivity contribution in [1.29, 1.82) is 0 Å². The van der Waals surface area contributed by atoms with Gasteiger partial charge in [-0.3, -0.25) is 4.79 Å². The van der Waals surface area contributed by atoms with Crippen LogP contribution in [-0.4, -0.2) is 18.8 Å².